The fourth-order valence-corrected chi connectivity index (χ4v) is 3.33. The zero-order chi connectivity index (χ0) is 16.8. The van der Waals surface area contributed by atoms with Crippen molar-refractivity contribution in [2.45, 2.75) is 16.5 Å². The predicted molar refractivity (Wildman–Crippen MR) is 93.2 cm³/mol. The third-order valence-electron chi connectivity index (χ3n) is 2.98. The summed E-state index contributed by atoms with van der Waals surface area (Å²) >= 11 is 2.51. The Kier molecular flexibility index (Phi) is 5.84. The van der Waals surface area contributed by atoms with Gasteiger partial charge < -0.3 is 11.5 Å². The molecule has 0 aliphatic rings. The fourth-order valence-electron chi connectivity index (χ4n) is 1.89. The van der Waals surface area contributed by atoms with Crippen molar-refractivity contribution < 1.29 is 4.79 Å². The number of hydrogen-bond acceptors (Lipinski definition) is 8. The predicted octanol–water partition coefficient (Wildman–Crippen LogP) is 2.14. The van der Waals surface area contributed by atoms with E-state index in [1.165, 1.54) is 23.5 Å². The van der Waals surface area contributed by atoms with Crippen molar-refractivity contribution >= 4 is 40.9 Å². The summed E-state index contributed by atoms with van der Waals surface area (Å²) in [4.78, 5) is 20.2. The van der Waals surface area contributed by atoms with Gasteiger partial charge in [-0.05, 0) is 17.9 Å². The van der Waals surface area contributed by atoms with Gasteiger partial charge in [0.1, 0.15) is 27.5 Å². The second-order valence-electron chi connectivity index (χ2n) is 4.59. The molecule has 4 N–H and O–H groups in total. The first-order valence-corrected chi connectivity index (χ1v) is 8.85. The monoisotopic (exact) mass is 345 g/mol. The number of Topliss-reactive ketones (excluding diaryl/α,β-unsaturated/α-hetero) is 1. The quantitative estimate of drug-likeness (QED) is 0.464. The number of aromatic nitrogens is 2. The Balaban J connectivity index is 2.09. The molecule has 0 spiro atoms. The average molecular weight is 345 g/mol. The summed E-state index contributed by atoms with van der Waals surface area (Å²) in [6.07, 6.45) is 2.05. The number of thioether (sulfide) groups is 2. The van der Waals surface area contributed by atoms with E-state index in [9.17, 15) is 10.1 Å². The highest BCUT2D eigenvalue weighted by Gasteiger charge is 2.15. The second kappa shape index (κ2) is 7.85. The molecule has 2 rings (SSSR count). The lowest BCUT2D eigenvalue weighted by atomic mass is 10.1. The zero-order valence-corrected chi connectivity index (χ0v) is 14.1. The molecule has 1 aromatic heterocycles. The van der Waals surface area contributed by atoms with Gasteiger partial charge in [0.05, 0.1) is 5.75 Å². The lowest BCUT2D eigenvalue weighted by Crippen LogP contribution is -2.09. The van der Waals surface area contributed by atoms with Crippen LogP contribution in [0, 0.1) is 11.3 Å². The molecule has 0 bridgehead atoms. The van der Waals surface area contributed by atoms with Gasteiger partial charge >= 0.3 is 0 Å². The number of carbonyl (C=O) groups excluding carboxylic acids is 1. The van der Waals surface area contributed by atoms with Crippen LogP contribution in [0.3, 0.4) is 0 Å². The smallest absolute Gasteiger partial charge is 0.222 e. The second-order valence-corrected chi connectivity index (χ2v) is 6.34. The molecule has 0 saturated heterocycles. The Morgan fingerprint density at radius 3 is 2.61 bits per heavy atom. The minimum Gasteiger partial charge on any atom is -0.398 e. The number of nitriles is 1. The number of carbonyl (C=O) groups is 1. The molecule has 0 amide bonds. The minimum absolute atomic E-state index is 0.000301. The van der Waals surface area contributed by atoms with E-state index in [4.69, 9.17) is 11.5 Å². The van der Waals surface area contributed by atoms with E-state index in [2.05, 4.69) is 16.0 Å². The van der Waals surface area contributed by atoms with E-state index in [0.29, 0.717) is 21.3 Å². The highest BCUT2D eigenvalue weighted by molar-refractivity contribution is 8.00. The van der Waals surface area contributed by atoms with E-state index < -0.39 is 0 Å². The molecule has 6 nitrogen and oxygen atoms in total. The van der Waals surface area contributed by atoms with Gasteiger partial charge in [0.15, 0.2) is 0 Å². The van der Waals surface area contributed by atoms with Crippen LogP contribution in [0.1, 0.15) is 11.1 Å². The summed E-state index contributed by atoms with van der Waals surface area (Å²) in [5, 5.41) is 10.2. The van der Waals surface area contributed by atoms with Crippen molar-refractivity contribution in [3.63, 3.8) is 0 Å². The van der Waals surface area contributed by atoms with Crippen LogP contribution in [0.25, 0.3) is 0 Å². The summed E-state index contributed by atoms with van der Waals surface area (Å²) in [7, 11) is 0. The van der Waals surface area contributed by atoms with Crippen LogP contribution in [0.15, 0.2) is 34.3 Å². The number of para-hydroxylation sites is 1. The Hall–Kier alpha value is -2.24. The first kappa shape index (κ1) is 17.1. The number of nitrogens with zero attached hydrogens (tertiary/aromatic N) is 3. The van der Waals surface area contributed by atoms with Crippen LogP contribution >= 0.6 is 23.5 Å². The third-order valence-corrected chi connectivity index (χ3v) is 4.69. The molecule has 0 atom stereocenters. The number of benzene rings is 1. The van der Waals surface area contributed by atoms with Gasteiger partial charge in [-0.2, -0.15) is 5.26 Å². The van der Waals surface area contributed by atoms with E-state index in [0.717, 1.165) is 5.56 Å². The molecule has 1 heterocycles. The van der Waals surface area contributed by atoms with Crippen LogP contribution in [0.2, 0.25) is 0 Å². The fraction of sp³-hybridized carbons (Fsp3) is 0.200. The number of ketones is 1. The van der Waals surface area contributed by atoms with Gasteiger partial charge in [-0.25, -0.2) is 9.97 Å². The number of rotatable bonds is 6. The molecular weight excluding hydrogens is 330 g/mol. The maximum atomic E-state index is 12.1. The number of hydrogen-bond donors (Lipinski definition) is 2. The Labute approximate surface area is 142 Å². The molecule has 8 heteroatoms. The Morgan fingerprint density at radius 2 is 1.96 bits per heavy atom. The third kappa shape index (κ3) is 4.37. The van der Waals surface area contributed by atoms with Gasteiger partial charge in [0.25, 0.3) is 0 Å². The highest BCUT2D eigenvalue weighted by Crippen LogP contribution is 2.28. The van der Waals surface area contributed by atoms with Crippen LogP contribution in [0.4, 0.5) is 11.6 Å². The molecule has 0 radical (unpaired) electrons. The Bertz CT molecular complexity index is 773. The molecule has 0 fully saturated rings. The topological polar surface area (TPSA) is 119 Å². The van der Waals surface area contributed by atoms with Gasteiger partial charge in [0, 0.05) is 12.1 Å². The largest absolute Gasteiger partial charge is 0.398 e. The maximum absolute atomic E-state index is 12.1. The van der Waals surface area contributed by atoms with Crippen LogP contribution < -0.4 is 11.5 Å². The first-order chi connectivity index (χ1) is 11.0. The number of nitrogen functional groups attached to an aromatic ring is 2. The van der Waals surface area contributed by atoms with Crippen LogP contribution in [-0.4, -0.2) is 27.8 Å². The van der Waals surface area contributed by atoms with Gasteiger partial charge in [0.2, 0.25) is 5.95 Å². The van der Waals surface area contributed by atoms with Gasteiger partial charge in [-0.1, -0.05) is 30.0 Å². The standard InChI is InChI=1S/C15H15N5OS2/c1-22-13-11(7-16)14(20-15(18)19-13)23-8-10(21)6-9-4-2-3-5-12(9)17/h2-5H,6,8,17H2,1H3,(H2,18,19,20). The summed E-state index contributed by atoms with van der Waals surface area (Å²) in [6.45, 7) is 0. The summed E-state index contributed by atoms with van der Waals surface area (Å²) in [6, 6.07) is 9.33. The lowest BCUT2D eigenvalue weighted by molar-refractivity contribution is -0.115. The molecule has 0 aliphatic carbocycles. The van der Waals surface area contributed by atoms with Crippen molar-refractivity contribution in [1.82, 2.24) is 9.97 Å². The molecule has 0 saturated carbocycles. The molecule has 23 heavy (non-hydrogen) atoms. The van der Waals surface area contributed by atoms with E-state index in [1.54, 1.807) is 12.3 Å². The molecule has 0 unspecified atom stereocenters. The molecule has 1 aromatic carbocycles. The van der Waals surface area contributed by atoms with E-state index in [-0.39, 0.29) is 23.9 Å². The van der Waals surface area contributed by atoms with E-state index in [1.807, 2.05) is 18.2 Å². The van der Waals surface area contributed by atoms with Gasteiger partial charge in [-0.15, -0.1) is 11.8 Å². The maximum Gasteiger partial charge on any atom is 0.222 e. The molecule has 118 valence electrons. The van der Waals surface area contributed by atoms with Crippen molar-refractivity contribution in [2.24, 2.45) is 0 Å². The molecule has 2 aromatic rings. The minimum atomic E-state index is -0.000301. The van der Waals surface area contributed by atoms with Crippen molar-refractivity contribution in [2.75, 3.05) is 23.5 Å². The van der Waals surface area contributed by atoms with Crippen molar-refractivity contribution in [3.8, 4) is 6.07 Å². The SMILES string of the molecule is CSc1nc(N)nc(SCC(=O)Cc2ccccc2N)c1C#N. The number of anilines is 2. The number of nitrogens with two attached hydrogens (primary N) is 2. The highest BCUT2D eigenvalue weighted by atomic mass is 32.2. The Morgan fingerprint density at radius 1 is 1.26 bits per heavy atom. The summed E-state index contributed by atoms with van der Waals surface area (Å²) in [5.41, 5.74) is 13.2. The van der Waals surface area contributed by atoms with Crippen LogP contribution in [-0.2, 0) is 11.2 Å². The lowest BCUT2D eigenvalue weighted by Gasteiger charge is -2.07. The van der Waals surface area contributed by atoms with Crippen molar-refractivity contribution in [1.29, 1.82) is 5.26 Å². The van der Waals surface area contributed by atoms with Gasteiger partial charge in [-0.3, -0.25) is 4.79 Å². The van der Waals surface area contributed by atoms with Crippen molar-refractivity contribution in [3.05, 3.63) is 35.4 Å². The first-order valence-electron chi connectivity index (χ1n) is 6.64. The average Bonchev–Trinajstić information content (AvgIpc) is 2.54. The normalized spacial score (nSPS) is 10.3. The van der Waals surface area contributed by atoms with E-state index >= 15 is 0 Å². The van der Waals surface area contributed by atoms with Crippen LogP contribution in [0.5, 0.6) is 0 Å². The summed E-state index contributed by atoms with van der Waals surface area (Å²) in [5.74, 6) is 0.281. The summed E-state index contributed by atoms with van der Waals surface area (Å²) < 4.78 is 0. The molecule has 0 aliphatic heterocycles. The zero-order valence-electron chi connectivity index (χ0n) is 12.4. The molecular formula is C15H15N5OS2.